The standard InChI is InChI=1S/C23H23N5OS/c29-22(24-16-17-5-3-6-19(15-17)28-12-4-11-25-28)18-9-13-27(14-10-18)23-26-20-7-1-2-8-21(20)30-23/h1-8,11-12,15,18H,9-10,13-14,16H2,(H,24,29). The summed E-state index contributed by atoms with van der Waals surface area (Å²) in [6, 6.07) is 18.2. The van der Waals surface area contributed by atoms with Gasteiger partial charge in [-0.15, -0.1) is 0 Å². The number of nitrogens with one attached hydrogen (secondary N) is 1. The van der Waals surface area contributed by atoms with Gasteiger partial charge in [-0.05, 0) is 48.7 Å². The molecule has 1 fully saturated rings. The van der Waals surface area contributed by atoms with E-state index in [0.29, 0.717) is 6.54 Å². The normalized spacial score (nSPS) is 14.9. The van der Waals surface area contributed by atoms with E-state index in [9.17, 15) is 4.79 Å². The van der Waals surface area contributed by atoms with Gasteiger partial charge in [0, 0.05) is 37.9 Å². The second-order valence-corrected chi connectivity index (χ2v) is 8.57. The monoisotopic (exact) mass is 417 g/mol. The highest BCUT2D eigenvalue weighted by atomic mass is 32.1. The molecule has 1 amide bonds. The van der Waals surface area contributed by atoms with Crippen LogP contribution in [-0.2, 0) is 11.3 Å². The van der Waals surface area contributed by atoms with Crippen molar-refractivity contribution in [1.82, 2.24) is 20.1 Å². The Morgan fingerprint density at radius 1 is 1.10 bits per heavy atom. The Balaban J connectivity index is 1.16. The minimum absolute atomic E-state index is 0.0601. The second-order valence-electron chi connectivity index (χ2n) is 7.56. The number of hydrogen-bond donors (Lipinski definition) is 1. The van der Waals surface area contributed by atoms with Gasteiger partial charge < -0.3 is 10.2 Å². The Morgan fingerprint density at radius 3 is 2.77 bits per heavy atom. The lowest BCUT2D eigenvalue weighted by Gasteiger charge is -2.31. The summed E-state index contributed by atoms with van der Waals surface area (Å²) in [5.41, 5.74) is 3.12. The molecule has 0 saturated carbocycles. The third kappa shape index (κ3) is 3.93. The lowest BCUT2D eigenvalue weighted by Crippen LogP contribution is -2.40. The van der Waals surface area contributed by atoms with Crippen molar-refractivity contribution < 1.29 is 4.79 Å². The van der Waals surface area contributed by atoms with Gasteiger partial charge in [0.05, 0.1) is 15.9 Å². The largest absolute Gasteiger partial charge is 0.352 e. The van der Waals surface area contributed by atoms with Gasteiger partial charge in [-0.1, -0.05) is 35.6 Å². The van der Waals surface area contributed by atoms with Crippen molar-refractivity contribution in [3.63, 3.8) is 0 Å². The van der Waals surface area contributed by atoms with E-state index in [1.807, 2.05) is 47.3 Å². The highest BCUT2D eigenvalue weighted by Crippen LogP contribution is 2.31. The molecular formula is C23H23N5OS. The van der Waals surface area contributed by atoms with Crippen LogP contribution in [0.2, 0.25) is 0 Å². The summed E-state index contributed by atoms with van der Waals surface area (Å²) in [4.78, 5) is 19.8. The molecule has 2 aromatic heterocycles. The smallest absolute Gasteiger partial charge is 0.223 e. The molecule has 1 saturated heterocycles. The first-order chi connectivity index (χ1) is 14.8. The molecule has 1 aliphatic rings. The maximum Gasteiger partial charge on any atom is 0.223 e. The molecule has 3 heterocycles. The molecule has 30 heavy (non-hydrogen) atoms. The SMILES string of the molecule is O=C(NCc1cccc(-n2cccn2)c1)C1CCN(c2nc3ccccc3s2)CC1. The van der Waals surface area contributed by atoms with Crippen LogP contribution >= 0.6 is 11.3 Å². The number of hydrogen-bond acceptors (Lipinski definition) is 5. The number of carbonyl (C=O) groups is 1. The first-order valence-electron chi connectivity index (χ1n) is 10.2. The van der Waals surface area contributed by atoms with Gasteiger partial charge in [-0.3, -0.25) is 4.79 Å². The number of nitrogens with zero attached hydrogens (tertiary/aromatic N) is 4. The number of rotatable bonds is 5. The molecule has 6 nitrogen and oxygen atoms in total. The molecule has 152 valence electrons. The molecule has 2 aromatic carbocycles. The van der Waals surface area contributed by atoms with Crippen molar-refractivity contribution in [3.8, 4) is 5.69 Å². The van der Waals surface area contributed by atoms with E-state index in [2.05, 4.69) is 33.5 Å². The highest BCUT2D eigenvalue weighted by Gasteiger charge is 2.26. The zero-order valence-electron chi connectivity index (χ0n) is 16.6. The Kier molecular flexibility index (Phi) is 5.19. The molecular weight excluding hydrogens is 394 g/mol. The number of piperidine rings is 1. The molecule has 5 rings (SSSR count). The van der Waals surface area contributed by atoms with Gasteiger partial charge in [0.15, 0.2) is 5.13 Å². The van der Waals surface area contributed by atoms with Crippen LogP contribution in [0.15, 0.2) is 67.0 Å². The Labute approximate surface area is 179 Å². The molecule has 0 aliphatic carbocycles. The van der Waals surface area contributed by atoms with Gasteiger partial charge in [-0.2, -0.15) is 5.10 Å². The maximum atomic E-state index is 12.7. The Hall–Kier alpha value is -3.19. The van der Waals surface area contributed by atoms with Gasteiger partial charge in [0.25, 0.3) is 0 Å². The predicted molar refractivity (Wildman–Crippen MR) is 120 cm³/mol. The summed E-state index contributed by atoms with van der Waals surface area (Å²) in [6.45, 7) is 2.27. The van der Waals surface area contributed by atoms with Crippen molar-refractivity contribution in [1.29, 1.82) is 0 Å². The predicted octanol–water partition coefficient (Wildman–Crippen LogP) is 4.01. The quantitative estimate of drug-likeness (QED) is 0.533. The molecule has 1 aliphatic heterocycles. The number of amides is 1. The van der Waals surface area contributed by atoms with Crippen LogP contribution in [-0.4, -0.2) is 33.8 Å². The van der Waals surface area contributed by atoms with Crippen LogP contribution in [0.5, 0.6) is 0 Å². The maximum absolute atomic E-state index is 12.7. The fourth-order valence-corrected chi connectivity index (χ4v) is 4.91. The number of thiazole rings is 1. The summed E-state index contributed by atoms with van der Waals surface area (Å²) in [5.74, 6) is 0.202. The Morgan fingerprint density at radius 2 is 1.97 bits per heavy atom. The average Bonchev–Trinajstić information content (AvgIpc) is 3.48. The van der Waals surface area contributed by atoms with Crippen LogP contribution in [0.3, 0.4) is 0 Å². The van der Waals surface area contributed by atoms with E-state index in [1.54, 1.807) is 17.5 Å². The number of benzene rings is 2. The third-order valence-corrected chi connectivity index (χ3v) is 6.66. The zero-order valence-corrected chi connectivity index (χ0v) is 17.4. The number of fused-ring (bicyclic) bond motifs is 1. The summed E-state index contributed by atoms with van der Waals surface area (Å²) in [7, 11) is 0. The van der Waals surface area contributed by atoms with Crippen LogP contribution in [0.4, 0.5) is 5.13 Å². The summed E-state index contributed by atoms with van der Waals surface area (Å²) >= 11 is 1.73. The molecule has 4 aromatic rings. The van der Waals surface area contributed by atoms with E-state index < -0.39 is 0 Å². The van der Waals surface area contributed by atoms with Gasteiger partial charge in [-0.25, -0.2) is 9.67 Å². The summed E-state index contributed by atoms with van der Waals surface area (Å²) < 4.78 is 3.04. The average molecular weight is 418 g/mol. The third-order valence-electron chi connectivity index (χ3n) is 5.57. The molecule has 0 radical (unpaired) electrons. The molecule has 0 unspecified atom stereocenters. The van der Waals surface area contributed by atoms with E-state index in [4.69, 9.17) is 4.98 Å². The van der Waals surface area contributed by atoms with Crippen LogP contribution < -0.4 is 10.2 Å². The molecule has 1 N–H and O–H groups in total. The van der Waals surface area contributed by atoms with Crippen molar-refractivity contribution in [2.75, 3.05) is 18.0 Å². The van der Waals surface area contributed by atoms with E-state index in [0.717, 1.165) is 47.8 Å². The van der Waals surface area contributed by atoms with Gasteiger partial charge in [0.1, 0.15) is 0 Å². The van der Waals surface area contributed by atoms with Crippen molar-refractivity contribution in [2.45, 2.75) is 19.4 Å². The summed E-state index contributed by atoms with van der Waals surface area (Å²) in [6.07, 6.45) is 5.39. The minimum Gasteiger partial charge on any atom is -0.352 e. The lowest BCUT2D eigenvalue weighted by molar-refractivity contribution is -0.125. The topological polar surface area (TPSA) is 63.1 Å². The van der Waals surface area contributed by atoms with E-state index >= 15 is 0 Å². The van der Waals surface area contributed by atoms with Crippen LogP contribution in [0, 0.1) is 5.92 Å². The first kappa shape index (κ1) is 18.8. The number of aromatic nitrogens is 3. The number of para-hydroxylation sites is 1. The van der Waals surface area contributed by atoms with Crippen molar-refractivity contribution in [2.24, 2.45) is 5.92 Å². The number of carbonyl (C=O) groups excluding carboxylic acids is 1. The van der Waals surface area contributed by atoms with Crippen LogP contribution in [0.1, 0.15) is 18.4 Å². The molecule has 7 heteroatoms. The molecule has 0 bridgehead atoms. The van der Waals surface area contributed by atoms with E-state index in [-0.39, 0.29) is 11.8 Å². The van der Waals surface area contributed by atoms with Crippen LogP contribution in [0.25, 0.3) is 15.9 Å². The summed E-state index contributed by atoms with van der Waals surface area (Å²) in [5, 5.41) is 8.44. The van der Waals surface area contributed by atoms with E-state index in [1.165, 1.54) is 4.70 Å². The van der Waals surface area contributed by atoms with Crippen molar-refractivity contribution in [3.05, 3.63) is 72.6 Å². The van der Waals surface area contributed by atoms with Gasteiger partial charge in [0.2, 0.25) is 5.91 Å². The fraction of sp³-hybridized carbons (Fsp3) is 0.261. The second kappa shape index (κ2) is 8.28. The highest BCUT2D eigenvalue weighted by molar-refractivity contribution is 7.22. The molecule has 0 atom stereocenters. The number of anilines is 1. The zero-order chi connectivity index (χ0) is 20.3. The van der Waals surface area contributed by atoms with Gasteiger partial charge >= 0.3 is 0 Å². The Bertz CT molecular complexity index is 1110. The van der Waals surface area contributed by atoms with Crippen molar-refractivity contribution >= 4 is 32.6 Å². The molecule has 0 spiro atoms. The minimum atomic E-state index is 0.0601. The first-order valence-corrected chi connectivity index (χ1v) is 11.0. The fourth-order valence-electron chi connectivity index (χ4n) is 3.89. The lowest BCUT2D eigenvalue weighted by atomic mass is 9.96.